The summed E-state index contributed by atoms with van der Waals surface area (Å²) in [5.74, 6) is 2.18. The fraction of sp³-hybridized carbons (Fsp3) is 0.533. The number of likely N-dealkylation sites (N-methyl/N-ethyl adjacent to an activating group) is 2. The van der Waals surface area contributed by atoms with Crippen LogP contribution >= 0.6 is 0 Å². The first kappa shape index (κ1) is 27.8. The standard InChI is InChI=1S/C30H41N3O5/c1-5-32(30(35)36)13-8-21-6-7-26-24(16-21)17-25(26)20-31(2)12-11-29(34)33-14-9-22-18-27(37-3)28(38-4)19-23(22)10-15-33/h6-7,16,18-19,25H,5,8-15,17,20H2,1-4H3,(H,35,36). The third-order valence-corrected chi connectivity index (χ3v) is 8.04. The Morgan fingerprint density at radius 1 is 1.00 bits per heavy atom. The first-order valence-corrected chi connectivity index (χ1v) is 13.6. The molecule has 0 radical (unpaired) electrons. The van der Waals surface area contributed by atoms with Crippen molar-refractivity contribution < 1.29 is 24.2 Å². The molecular weight excluding hydrogens is 482 g/mol. The van der Waals surface area contributed by atoms with E-state index in [1.54, 1.807) is 14.2 Å². The van der Waals surface area contributed by atoms with E-state index >= 15 is 0 Å². The Hall–Kier alpha value is -3.26. The van der Waals surface area contributed by atoms with E-state index in [2.05, 4.69) is 30.1 Å². The fourth-order valence-corrected chi connectivity index (χ4v) is 5.66. The van der Waals surface area contributed by atoms with Gasteiger partial charge in [0.1, 0.15) is 0 Å². The molecule has 0 bridgehead atoms. The molecule has 1 aliphatic carbocycles. The van der Waals surface area contributed by atoms with Crippen LogP contribution in [-0.2, 0) is 30.5 Å². The average molecular weight is 524 g/mol. The Bertz CT molecular complexity index is 1120. The zero-order valence-corrected chi connectivity index (χ0v) is 23.2. The number of carboxylic acid groups (broad SMARTS) is 1. The Morgan fingerprint density at radius 2 is 1.66 bits per heavy atom. The summed E-state index contributed by atoms with van der Waals surface area (Å²) in [7, 11) is 5.40. The molecule has 0 saturated carbocycles. The third kappa shape index (κ3) is 6.41. The van der Waals surface area contributed by atoms with Gasteiger partial charge in [0, 0.05) is 51.6 Å². The summed E-state index contributed by atoms with van der Waals surface area (Å²) < 4.78 is 10.9. The first-order valence-electron chi connectivity index (χ1n) is 13.6. The zero-order chi connectivity index (χ0) is 27.2. The predicted molar refractivity (Wildman–Crippen MR) is 148 cm³/mol. The Kier molecular flexibility index (Phi) is 9.15. The Balaban J connectivity index is 1.23. The minimum atomic E-state index is -0.861. The van der Waals surface area contributed by atoms with Gasteiger partial charge in [0.2, 0.25) is 5.91 Å². The summed E-state index contributed by atoms with van der Waals surface area (Å²) in [5, 5.41) is 9.21. The smallest absolute Gasteiger partial charge is 0.407 e. The molecule has 0 spiro atoms. The van der Waals surface area contributed by atoms with Crippen molar-refractivity contribution >= 4 is 12.0 Å². The highest BCUT2D eigenvalue weighted by molar-refractivity contribution is 5.76. The molecule has 1 N–H and O–H groups in total. The molecule has 1 aliphatic heterocycles. The van der Waals surface area contributed by atoms with E-state index in [0.717, 1.165) is 63.4 Å². The van der Waals surface area contributed by atoms with Crippen molar-refractivity contribution in [1.82, 2.24) is 14.7 Å². The van der Waals surface area contributed by atoms with Crippen LogP contribution in [0.4, 0.5) is 4.79 Å². The van der Waals surface area contributed by atoms with Crippen molar-refractivity contribution in [2.45, 2.75) is 44.9 Å². The molecule has 0 aromatic heterocycles. The van der Waals surface area contributed by atoms with Crippen LogP contribution in [0.25, 0.3) is 0 Å². The van der Waals surface area contributed by atoms with Crippen LogP contribution in [0, 0.1) is 0 Å². The largest absolute Gasteiger partial charge is 0.493 e. The molecule has 1 atom stereocenters. The number of hydrogen-bond acceptors (Lipinski definition) is 5. The molecule has 4 rings (SSSR count). The Morgan fingerprint density at radius 3 is 2.21 bits per heavy atom. The van der Waals surface area contributed by atoms with Crippen molar-refractivity contribution in [3.63, 3.8) is 0 Å². The maximum Gasteiger partial charge on any atom is 0.407 e. The first-order chi connectivity index (χ1) is 18.3. The van der Waals surface area contributed by atoms with E-state index in [0.29, 0.717) is 25.4 Å². The van der Waals surface area contributed by atoms with Gasteiger partial charge in [-0.1, -0.05) is 18.2 Å². The highest BCUT2D eigenvalue weighted by atomic mass is 16.5. The van der Waals surface area contributed by atoms with Gasteiger partial charge in [-0.2, -0.15) is 0 Å². The van der Waals surface area contributed by atoms with Gasteiger partial charge in [0.15, 0.2) is 11.5 Å². The monoisotopic (exact) mass is 523 g/mol. The molecule has 1 heterocycles. The van der Waals surface area contributed by atoms with Crippen molar-refractivity contribution in [1.29, 1.82) is 0 Å². The molecule has 0 saturated heterocycles. The third-order valence-electron chi connectivity index (χ3n) is 8.04. The van der Waals surface area contributed by atoms with Crippen LogP contribution in [-0.4, -0.2) is 92.3 Å². The van der Waals surface area contributed by atoms with Crippen molar-refractivity contribution in [2.24, 2.45) is 0 Å². The van der Waals surface area contributed by atoms with Crippen LogP contribution in [0.3, 0.4) is 0 Å². The van der Waals surface area contributed by atoms with Gasteiger partial charge in [0.05, 0.1) is 14.2 Å². The predicted octanol–water partition coefficient (Wildman–Crippen LogP) is 3.84. The van der Waals surface area contributed by atoms with Gasteiger partial charge < -0.3 is 29.3 Å². The van der Waals surface area contributed by atoms with Crippen LogP contribution in [0.2, 0.25) is 0 Å². The molecule has 2 aromatic carbocycles. The lowest BCUT2D eigenvalue weighted by molar-refractivity contribution is -0.131. The molecule has 38 heavy (non-hydrogen) atoms. The van der Waals surface area contributed by atoms with E-state index in [1.165, 1.54) is 32.7 Å². The lowest BCUT2D eigenvalue weighted by Gasteiger charge is -2.34. The molecule has 8 heteroatoms. The molecule has 2 amide bonds. The Labute approximate surface area is 226 Å². The fourth-order valence-electron chi connectivity index (χ4n) is 5.66. The quantitative estimate of drug-likeness (QED) is 0.482. The summed E-state index contributed by atoms with van der Waals surface area (Å²) in [4.78, 5) is 30.0. The summed E-state index contributed by atoms with van der Waals surface area (Å²) in [5.41, 5.74) is 6.40. The second-order valence-electron chi connectivity index (χ2n) is 10.4. The normalized spacial score (nSPS) is 16.2. The summed E-state index contributed by atoms with van der Waals surface area (Å²) in [6, 6.07) is 10.7. The highest BCUT2D eigenvalue weighted by Gasteiger charge is 2.28. The van der Waals surface area contributed by atoms with Gasteiger partial charge in [-0.15, -0.1) is 0 Å². The van der Waals surface area contributed by atoms with Gasteiger partial charge in [-0.25, -0.2) is 4.79 Å². The topological polar surface area (TPSA) is 82.5 Å². The minimum absolute atomic E-state index is 0.213. The summed E-state index contributed by atoms with van der Waals surface area (Å²) >= 11 is 0. The summed E-state index contributed by atoms with van der Waals surface area (Å²) in [6.07, 6.45) is 3.09. The lowest BCUT2D eigenvalue weighted by Crippen LogP contribution is -2.37. The van der Waals surface area contributed by atoms with E-state index in [4.69, 9.17) is 9.47 Å². The van der Waals surface area contributed by atoms with Gasteiger partial charge in [-0.3, -0.25) is 4.79 Å². The van der Waals surface area contributed by atoms with Gasteiger partial charge in [-0.05, 0) is 79.6 Å². The highest BCUT2D eigenvalue weighted by Crippen LogP contribution is 2.36. The van der Waals surface area contributed by atoms with Crippen LogP contribution in [0.1, 0.15) is 47.1 Å². The number of rotatable bonds is 11. The maximum atomic E-state index is 13.0. The van der Waals surface area contributed by atoms with E-state index in [9.17, 15) is 14.7 Å². The summed E-state index contributed by atoms with van der Waals surface area (Å²) in [6.45, 7) is 6.03. The van der Waals surface area contributed by atoms with Gasteiger partial charge >= 0.3 is 6.09 Å². The average Bonchev–Trinajstić information content (AvgIpc) is 3.11. The number of methoxy groups -OCH3 is 2. The van der Waals surface area contributed by atoms with E-state index < -0.39 is 6.09 Å². The molecule has 8 nitrogen and oxygen atoms in total. The molecular formula is C30H41N3O5. The number of ether oxygens (including phenoxy) is 2. The number of amides is 2. The number of benzene rings is 2. The van der Waals surface area contributed by atoms with Gasteiger partial charge in [0.25, 0.3) is 0 Å². The number of hydrogen-bond donors (Lipinski definition) is 1. The van der Waals surface area contributed by atoms with Crippen LogP contribution < -0.4 is 9.47 Å². The SMILES string of the molecule is CCN(CCc1ccc2c(c1)CC2CN(C)CCC(=O)N1CCc2cc(OC)c(OC)cc2CC1)C(=O)O. The second kappa shape index (κ2) is 12.5. The van der Waals surface area contributed by atoms with E-state index in [1.807, 2.05) is 24.0 Å². The number of fused-ring (bicyclic) bond motifs is 2. The second-order valence-corrected chi connectivity index (χ2v) is 10.4. The van der Waals surface area contributed by atoms with Crippen LogP contribution in [0.15, 0.2) is 30.3 Å². The number of carbonyl (C=O) groups excluding carboxylic acids is 1. The molecule has 1 unspecified atom stereocenters. The molecule has 2 aliphatic rings. The van der Waals surface area contributed by atoms with Crippen LogP contribution in [0.5, 0.6) is 11.5 Å². The molecule has 0 fully saturated rings. The van der Waals surface area contributed by atoms with Crippen molar-refractivity contribution in [3.8, 4) is 11.5 Å². The number of carbonyl (C=O) groups is 2. The molecule has 2 aromatic rings. The maximum absolute atomic E-state index is 13.0. The van der Waals surface area contributed by atoms with Crippen molar-refractivity contribution in [3.05, 3.63) is 58.1 Å². The zero-order valence-electron chi connectivity index (χ0n) is 23.2. The van der Waals surface area contributed by atoms with E-state index in [-0.39, 0.29) is 5.91 Å². The lowest BCUT2D eigenvalue weighted by atomic mass is 9.76. The minimum Gasteiger partial charge on any atom is -0.493 e. The number of nitrogens with zero attached hydrogens (tertiary/aromatic N) is 3. The van der Waals surface area contributed by atoms with Crippen molar-refractivity contribution in [2.75, 3.05) is 60.5 Å². The molecule has 206 valence electrons.